The van der Waals surface area contributed by atoms with Gasteiger partial charge in [-0.2, -0.15) is 18.4 Å². The first-order chi connectivity index (χ1) is 15.1. The van der Waals surface area contributed by atoms with Gasteiger partial charge >= 0.3 is 6.18 Å². The number of benzene rings is 1. The number of hydrogen-bond donors (Lipinski definition) is 0. The average Bonchev–Trinajstić information content (AvgIpc) is 3.49. The van der Waals surface area contributed by atoms with Crippen LogP contribution in [0, 0.1) is 34.5 Å². The third-order valence-electron chi connectivity index (χ3n) is 7.11. The van der Waals surface area contributed by atoms with Gasteiger partial charge in [0.1, 0.15) is 0 Å². The quantitative estimate of drug-likeness (QED) is 0.649. The van der Waals surface area contributed by atoms with Gasteiger partial charge in [0.25, 0.3) is 0 Å². The van der Waals surface area contributed by atoms with Crippen LogP contribution >= 0.6 is 0 Å². The zero-order chi connectivity index (χ0) is 23.1. The van der Waals surface area contributed by atoms with Crippen LogP contribution in [0.3, 0.4) is 0 Å². The summed E-state index contributed by atoms with van der Waals surface area (Å²) < 4.78 is 46.6. The molecule has 1 saturated carbocycles. The molecule has 1 amide bonds. The number of likely N-dealkylation sites (tertiary alicyclic amines) is 1. The van der Waals surface area contributed by atoms with Crippen molar-refractivity contribution >= 4 is 11.6 Å². The Bertz CT molecular complexity index is 907. The molecule has 8 heteroatoms. The highest BCUT2D eigenvalue weighted by Gasteiger charge is 2.51. The van der Waals surface area contributed by atoms with Crippen molar-refractivity contribution in [3.05, 3.63) is 29.3 Å². The summed E-state index contributed by atoms with van der Waals surface area (Å²) in [6.07, 6.45) is -1.40. The number of hydrogen-bond acceptors (Lipinski definition) is 4. The number of anilines is 1. The van der Waals surface area contributed by atoms with Crippen molar-refractivity contribution in [1.82, 2.24) is 4.90 Å². The fraction of sp³-hybridized carbons (Fsp3) is 0.667. The van der Waals surface area contributed by atoms with E-state index in [1.807, 2.05) is 23.6 Å². The Morgan fingerprint density at radius 1 is 1.28 bits per heavy atom. The SMILES string of the molecule is CC(C)C(=O)N1CCC2CN(c3ccc(C#N)c(C(F)(F)F)c3)CC2(COCC2CC2)C1. The molecule has 174 valence electrons. The predicted molar refractivity (Wildman–Crippen MR) is 114 cm³/mol. The molecule has 0 N–H and O–H groups in total. The van der Waals surface area contributed by atoms with Crippen molar-refractivity contribution in [2.45, 2.75) is 39.3 Å². The lowest BCUT2D eigenvalue weighted by atomic mass is 9.73. The number of halogens is 3. The molecular formula is C24H30F3N3O2. The molecule has 32 heavy (non-hydrogen) atoms. The van der Waals surface area contributed by atoms with Crippen molar-refractivity contribution in [2.75, 3.05) is 44.3 Å². The number of rotatable bonds is 6. The second-order valence-corrected chi connectivity index (χ2v) is 9.94. The zero-order valence-corrected chi connectivity index (χ0v) is 18.6. The molecule has 0 spiro atoms. The maximum atomic E-state index is 13.5. The van der Waals surface area contributed by atoms with Crippen LogP contribution in [0.15, 0.2) is 18.2 Å². The molecule has 0 bridgehead atoms. The van der Waals surface area contributed by atoms with E-state index in [0.717, 1.165) is 12.5 Å². The number of alkyl halides is 3. The van der Waals surface area contributed by atoms with E-state index in [9.17, 15) is 18.0 Å². The Balaban J connectivity index is 1.59. The van der Waals surface area contributed by atoms with Gasteiger partial charge in [-0.25, -0.2) is 0 Å². The van der Waals surface area contributed by atoms with E-state index in [0.29, 0.717) is 51.0 Å². The lowest BCUT2D eigenvalue weighted by Gasteiger charge is -2.44. The van der Waals surface area contributed by atoms with E-state index >= 15 is 0 Å². The van der Waals surface area contributed by atoms with Gasteiger partial charge in [0, 0.05) is 49.8 Å². The van der Waals surface area contributed by atoms with Gasteiger partial charge in [-0.05, 0) is 49.3 Å². The van der Waals surface area contributed by atoms with E-state index < -0.39 is 11.7 Å². The molecule has 2 saturated heterocycles. The molecule has 3 aliphatic rings. The van der Waals surface area contributed by atoms with Crippen molar-refractivity contribution in [1.29, 1.82) is 5.26 Å². The highest BCUT2D eigenvalue weighted by atomic mass is 19.4. The van der Waals surface area contributed by atoms with Crippen LogP contribution in [0.25, 0.3) is 0 Å². The van der Waals surface area contributed by atoms with E-state index in [4.69, 9.17) is 10.00 Å². The third-order valence-corrected chi connectivity index (χ3v) is 7.11. The lowest BCUT2D eigenvalue weighted by molar-refractivity contribution is -0.140. The summed E-state index contributed by atoms with van der Waals surface area (Å²) in [6, 6.07) is 5.59. The van der Waals surface area contributed by atoms with E-state index in [1.165, 1.54) is 18.9 Å². The molecule has 2 heterocycles. The molecule has 1 aromatic carbocycles. The summed E-state index contributed by atoms with van der Waals surface area (Å²) in [6.45, 7) is 7.39. The minimum Gasteiger partial charge on any atom is -0.380 e. The molecule has 3 fully saturated rings. The smallest absolute Gasteiger partial charge is 0.380 e. The van der Waals surface area contributed by atoms with Crippen LogP contribution in [-0.4, -0.2) is 50.2 Å². The molecule has 5 nitrogen and oxygen atoms in total. The van der Waals surface area contributed by atoms with Gasteiger partial charge in [-0.3, -0.25) is 4.79 Å². The number of nitrogens with zero attached hydrogens (tertiary/aromatic N) is 3. The van der Waals surface area contributed by atoms with Crippen molar-refractivity contribution in [2.24, 2.45) is 23.2 Å². The Kier molecular flexibility index (Phi) is 6.15. The molecular weight excluding hydrogens is 419 g/mol. The van der Waals surface area contributed by atoms with Crippen molar-refractivity contribution in [3.63, 3.8) is 0 Å². The number of carbonyl (C=O) groups excluding carboxylic acids is 1. The topological polar surface area (TPSA) is 56.6 Å². The van der Waals surface area contributed by atoms with Gasteiger partial charge < -0.3 is 14.5 Å². The molecule has 0 radical (unpaired) electrons. The van der Waals surface area contributed by atoms with E-state index in [-0.39, 0.29) is 28.7 Å². The molecule has 1 aromatic rings. The van der Waals surface area contributed by atoms with Crippen LogP contribution in [0.1, 0.15) is 44.2 Å². The summed E-state index contributed by atoms with van der Waals surface area (Å²) in [5.74, 6) is 0.873. The van der Waals surface area contributed by atoms with Crippen molar-refractivity contribution in [3.8, 4) is 6.07 Å². The van der Waals surface area contributed by atoms with E-state index in [2.05, 4.69) is 0 Å². The highest BCUT2D eigenvalue weighted by Crippen LogP contribution is 2.45. The minimum absolute atomic E-state index is 0.0960. The van der Waals surface area contributed by atoms with Gasteiger partial charge in [-0.15, -0.1) is 0 Å². The molecule has 4 rings (SSSR count). The Labute approximate surface area is 187 Å². The predicted octanol–water partition coefficient (Wildman–Crippen LogP) is 4.31. The Hall–Kier alpha value is -2.27. The fourth-order valence-electron chi connectivity index (χ4n) is 5.11. The summed E-state index contributed by atoms with van der Waals surface area (Å²) in [5.41, 5.74) is -1.10. The van der Waals surface area contributed by atoms with Crippen LogP contribution in [0.2, 0.25) is 0 Å². The number of fused-ring (bicyclic) bond motifs is 1. The van der Waals surface area contributed by atoms with Crippen LogP contribution in [0.4, 0.5) is 18.9 Å². The largest absolute Gasteiger partial charge is 0.417 e. The second-order valence-electron chi connectivity index (χ2n) is 9.94. The number of amides is 1. The molecule has 2 unspecified atom stereocenters. The average molecular weight is 450 g/mol. The summed E-state index contributed by atoms with van der Waals surface area (Å²) in [5, 5.41) is 9.10. The maximum Gasteiger partial charge on any atom is 0.417 e. The second kappa shape index (κ2) is 8.58. The van der Waals surface area contributed by atoms with Crippen LogP contribution < -0.4 is 4.90 Å². The van der Waals surface area contributed by atoms with E-state index in [1.54, 1.807) is 12.1 Å². The van der Waals surface area contributed by atoms with Gasteiger partial charge in [0.2, 0.25) is 5.91 Å². The number of nitriles is 1. The first kappa shape index (κ1) is 22.9. The summed E-state index contributed by atoms with van der Waals surface area (Å²) in [4.78, 5) is 16.6. The molecule has 2 aliphatic heterocycles. The van der Waals surface area contributed by atoms with Crippen LogP contribution in [-0.2, 0) is 15.7 Å². The van der Waals surface area contributed by atoms with Crippen LogP contribution in [0.5, 0.6) is 0 Å². The maximum absolute atomic E-state index is 13.5. The van der Waals surface area contributed by atoms with Crippen molar-refractivity contribution < 1.29 is 22.7 Å². The Morgan fingerprint density at radius 3 is 2.66 bits per heavy atom. The molecule has 1 aliphatic carbocycles. The van der Waals surface area contributed by atoms with Gasteiger partial charge in [-0.1, -0.05) is 13.8 Å². The normalized spacial score (nSPS) is 25.7. The lowest BCUT2D eigenvalue weighted by Crippen LogP contribution is -2.53. The third kappa shape index (κ3) is 4.59. The highest BCUT2D eigenvalue weighted by molar-refractivity contribution is 5.78. The first-order valence-corrected chi connectivity index (χ1v) is 11.4. The fourth-order valence-corrected chi connectivity index (χ4v) is 5.11. The standard InChI is InChI=1S/C24H30F3N3O2/c1-16(2)22(31)29-8-7-19-11-30(14-23(19,13-29)15-32-12-17-3-4-17)20-6-5-18(10-28)21(9-20)24(25,26)27/h5-6,9,16-17,19H,3-4,7-8,11-15H2,1-2H3. The first-order valence-electron chi connectivity index (χ1n) is 11.4. The molecule has 2 atom stereocenters. The Morgan fingerprint density at radius 2 is 2.03 bits per heavy atom. The number of piperidine rings is 1. The molecule has 0 aromatic heterocycles. The monoisotopic (exact) mass is 449 g/mol. The number of carbonyl (C=O) groups is 1. The van der Waals surface area contributed by atoms with Gasteiger partial charge in [0.15, 0.2) is 0 Å². The zero-order valence-electron chi connectivity index (χ0n) is 18.6. The summed E-state index contributed by atoms with van der Waals surface area (Å²) in [7, 11) is 0. The summed E-state index contributed by atoms with van der Waals surface area (Å²) >= 11 is 0. The number of ether oxygens (including phenoxy) is 1. The van der Waals surface area contributed by atoms with Gasteiger partial charge in [0.05, 0.1) is 23.8 Å². The minimum atomic E-state index is -4.58.